The molecule has 12 atom stereocenters. The predicted molar refractivity (Wildman–Crippen MR) is 313 cm³/mol. The first kappa shape index (κ1) is 71.8. The highest BCUT2D eigenvalue weighted by molar-refractivity contribution is 5.99. The van der Waals surface area contributed by atoms with Crippen LogP contribution in [0.5, 0.6) is 0 Å². The molecule has 1 aromatic heterocycles. The van der Waals surface area contributed by atoms with Crippen molar-refractivity contribution in [1.82, 2.24) is 52.8 Å². The number of rotatable bonds is 37. The molecule has 28 heteroatoms. The number of primary amides is 1. The molecule has 3 rings (SSSR count). The summed E-state index contributed by atoms with van der Waals surface area (Å²) >= 11 is 0. The van der Waals surface area contributed by atoms with Crippen molar-refractivity contribution in [2.45, 2.75) is 180 Å². The zero-order valence-corrected chi connectivity index (χ0v) is 49.8. The molecule has 10 amide bonds. The molecule has 0 aliphatic rings. The number of fused-ring (bicyclic) bond motifs is 1. The van der Waals surface area contributed by atoms with Crippen molar-refractivity contribution in [3.05, 3.63) is 71.9 Å². The Morgan fingerprint density at radius 3 is 1.51 bits per heavy atom. The van der Waals surface area contributed by atoms with Gasteiger partial charge in [0.1, 0.15) is 48.3 Å². The topological polar surface area (TPSA) is 462 Å². The number of amides is 10. The van der Waals surface area contributed by atoms with Gasteiger partial charge in [-0.2, -0.15) is 0 Å². The minimum Gasteiger partial charge on any atom is -0.481 e. The van der Waals surface area contributed by atoms with Gasteiger partial charge in [0.15, 0.2) is 0 Å². The number of benzene rings is 2. The van der Waals surface area contributed by atoms with Crippen LogP contribution < -0.4 is 59.3 Å². The van der Waals surface area contributed by atoms with E-state index in [1.807, 2.05) is 12.1 Å². The third kappa shape index (κ3) is 23.9. The zero-order valence-electron chi connectivity index (χ0n) is 49.8. The van der Waals surface area contributed by atoms with E-state index < -0.39 is 170 Å². The summed E-state index contributed by atoms with van der Waals surface area (Å²) in [6.07, 6.45) is -3.56. The lowest BCUT2D eigenvalue weighted by Gasteiger charge is -2.30. The van der Waals surface area contributed by atoms with Gasteiger partial charge in [0.2, 0.25) is 59.1 Å². The van der Waals surface area contributed by atoms with Crippen LogP contribution in [0.4, 0.5) is 0 Å². The number of aliphatic hydroxyl groups is 2. The van der Waals surface area contributed by atoms with Gasteiger partial charge in [0.05, 0.1) is 24.8 Å². The zero-order chi connectivity index (χ0) is 64.5. The summed E-state index contributed by atoms with van der Waals surface area (Å²) in [6, 6.07) is 1.89. The summed E-state index contributed by atoms with van der Waals surface area (Å²) in [4.78, 5) is 163. The van der Waals surface area contributed by atoms with Crippen molar-refractivity contribution in [3.8, 4) is 0 Å². The van der Waals surface area contributed by atoms with Crippen molar-refractivity contribution in [1.29, 1.82) is 0 Å². The molecule has 0 unspecified atom stereocenters. The molecule has 0 aliphatic heterocycles. The van der Waals surface area contributed by atoms with Crippen LogP contribution in [0.1, 0.15) is 111 Å². The molecule has 0 radical (unpaired) electrons. The van der Waals surface area contributed by atoms with E-state index in [9.17, 15) is 78.0 Å². The Bertz CT molecular complexity index is 2830. The number of hydrogen-bond donors (Lipinski definition) is 16. The average molecular weight is 1210 g/mol. The van der Waals surface area contributed by atoms with E-state index in [1.165, 1.54) is 0 Å². The summed E-state index contributed by atoms with van der Waals surface area (Å²) in [5, 5.41) is 63.7. The van der Waals surface area contributed by atoms with Crippen LogP contribution in [0.15, 0.2) is 60.8 Å². The van der Waals surface area contributed by atoms with Crippen LogP contribution in [0.3, 0.4) is 0 Å². The van der Waals surface area contributed by atoms with Gasteiger partial charge in [0, 0.05) is 42.8 Å². The van der Waals surface area contributed by atoms with Gasteiger partial charge in [-0.3, -0.25) is 52.7 Å². The highest BCUT2D eigenvalue weighted by Gasteiger charge is 2.38. The van der Waals surface area contributed by atoms with Gasteiger partial charge in [-0.05, 0) is 74.5 Å². The highest BCUT2D eigenvalue weighted by atomic mass is 16.4. The molecule has 474 valence electrons. The third-order valence-electron chi connectivity index (χ3n) is 14.0. The summed E-state index contributed by atoms with van der Waals surface area (Å²) in [5.74, 6) is -13.2. The minimum absolute atomic E-state index is 0.0266. The molecular weight excluding hydrogens is 1120 g/mol. The van der Waals surface area contributed by atoms with E-state index >= 15 is 0 Å². The molecule has 0 saturated heterocycles. The molecule has 18 N–H and O–H groups in total. The van der Waals surface area contributed by atoms with Crippen LogP contribution in [0.2, 0.25) is 0 Å². The monoisotopic (exact) mass is 1210 g/mol. The van der Waals surface area contributed by atoms with Crippen LogP contribution in [-0.4, -0.2) is 170 Å². The number of carboxylic acids is 2. The van der Waals surface area contributed by atoms with Crippen molar-refractivity contribution in [2.75, 3.05) is 6.54 Å². The third-order valence-corrected chi connectivity index (χ3v) is 14.0. The van der Waals surface area contributed by atoms with Crippen molar-refractivity contribution in [3.63, 3.8) is 0 Å². The van der Waals surface area contributed by atoms with E-state index in [4.69, 9.17) is 11.5 Å². The Labute approximate surface area is 498 Å². The summed E-state index contributed by atoms with van der Waals surface area (Å²) in [7, 11) is 0. The lowest BCUT2D eigenvalue weighted by Crippen LogP contribution is -2.63. The summed E-state index contributed by atoms with van der Waals surface area (Å²) < 4.78 is 0. The first-order chi connectivity index (χ1) is 40.4. The maximum atomic E-state index is 14.3. The van der Waals surface area contributed by atoms with E-state index in [0.717, 1.165) is 24.8 Å². The van der Waals surface area contributed by atoms with Crippen molar-refractivity contribution >= 4 is 81.9 Å². The summed E-state index contributed by atoms with van der Waals surface area (Å²) in [6.45, 7) is 12.0. The first-order valence-corrected chi connectivity index (χ1v) is 28.6. The van der Waals surface area contributed by atoms with Crippen LogP contribution in [-0.2, 0) is 70.4 Å². The fourth-order valence-corrected chi connectivity index (χ4v) is 8.98. The van der Waals surface area contributed by atoms with E-state index in [1.54, 1.807) is 90.2 Å². The number of aliphatic hydroxyl groups excluding tert-OH is 2. The Hall–Kier alpha value is -8.50. The maximum Gasteiger partial charge on any atom is 0.326 e. The quantitative estimate of drug-likeness (QED) is 0.0309. The number of para-hydroxylation sites is 1. The SMILES string of the molecule is CC[C@H](C)[C@H](N)C(=O)N[C@@H](CCC(=O)O)C(=O)N[C@H](C(=O)N[C@@H](CC(C)C)C(=O)N[C@H](C(=O)N[C@@H](CCC(N)=O)C(=O)N[C@@H](Cc1ccccc1)C(=O)N[C@@H](CC(C)C)C(=O)NCC(=O)N[C@@H](Cc1c[nH]c2ccccc12)C(=O)O)[C@@H](C)O)[C@@H](C)O. The van der Waals surface area contributed by atoms with Crippen molar-refractivity contribution in [2.24, 2.45) is 29.2 Å². The molecular formula is C58H86N12O16. The van der Waals surface area contributed by atoms with Crippen LogP contribution >= 0.6 is 0 Å². The highest BCUT2D eigenvalue weighted by Crippen LogP contribution is 2.20. The Morgan fingerprint density at radius 1 is 0.523 bits per heavy atom. The number of H-pyrrole nitrogens is 1. The van der Waals surface area contributed by atoms with Gasteiger partial charge in [-0.25, -0.2) is 4.79 Å². The standard InChI is InChI=1S/C58H86N12O16/c1-9-31(6)47(60)55(82)64-39(20-22-46(75)76)52(79)69-49(33(8)72)57(84)68-41(24-30(4)5)54(81)70-48(32(7)71)56(83)65-38(19-21-44(59)73)51(78)67-42(25-34-15-11-10-12-16-34)53(80)66-40(23-29(2)3)50(77)62-28-45(74)63-43(58(85)86)26-35-27-61-37-18-14-13-17-36(35)37/h10-18,27,29-33,38-43,47-49,61,71-72H,9,19-26,28,60H2,1-8H3,(H2,59,73)(H,62,77)(H,63,74)(H,64,82)(H,65,83)(H,66,80)(H,67,78)(H,68,84)(H,69,79)(H,70,81)(H,75,76)(H,85,86)/t31-,32+,33+,38-,39-,40-,41-,42-,43-,47-,48-,49-/m0/s1. The van der Waals surface area contributed by atoms with Gasteiger partial charge >= 0.3 is 11.9 Å². The number of nitrogens with one attached hydrogen (secondary N) is 10. The number of carboxylic acid groups (broad SMARTS) is 2. The molecule has 86 heavy (non-hydrogen) atoms. The molecule has 0 aliphatic carbocycles. The largest absolute Gasteiger partial charge is 0.481 e. The number of carbonyl (C=O) groups excluding carboxylic acids is 10. The fraction of sp³-hybridized carbons (Fsp3) is 0.552. The summed E-state index contributed by atoms with van der Waals surface area (Å²) in [5.41, 5.74) is 13.4. The second kappa shape index (κ2) is 35.1. The molecule has 0 saturated carbocycles. The number of carbonyl (C=O) groups is 12. The average Bonchev–Trinajstić information content (AvgIpc) is 2.90. The van der Waals surface area contributed by atoms with E-state index in [0.29, 0.717) is 17.5 Å². The van der Waals surface area contributed by atoms with Crippen molar-refractivity contribution < 1.29 is 78.0 Å². The second-order valence-corrected chi connectivity index (χ2v) is 22.3. The molecule has 28 nitrogen and oxygen atoms in total. The lowest BCUT2D eigenvalue weighted by atomic mass is 9.98. The Balaban J connectivity index is 1.84. The number of aliphatic carboxylic acids is 2. The molecule has 0 bridgehead atoms. The van der Waals surface area contributed by atoms with Crippen LogP contribution in [0.25, 0.3) is 10.9 Å². The van der Waals surface area contributed by atoms with Gasteiger partial charge in [0.25, 0.3) is 0 Å². The number of nitrogens with two attached hydrogens (primary N) is 2. The smallest absolute Gasteiger partial charge is 0.326 e. The number of aromatic amines is 1. The number of hydrogen-bond acceptors (Lipinski definition) is 15. The molecule has 3 aromatic rings. The lowest BCUT2D eigenvalue weighted by molar-refractivity contribution is -0.141. The van der Waals surface area contributed by atoms with Gasteiger partial charge < -0.3 is 84.7 Å². The predicted octanol–water partition coefficient (Wildman–Crippen LogP) is -1.61. The van der Waals surface area contributed by atoms with E-state index in [-0.39, 0.29) is 43.4 Å². The molecule has 2 aromatic carbocycles. The normalized spacial score (nSPS) is 15.5. The second-order valence-electron chi connectivity index (χ2n) is 22.3. The maximum absolute atomic E-state index is 14.3. The molecule has 0 fully saturated rings. The van der Waals surface area contributed by atoms with Gasteiger partial charge in [-0.1, -0.05) is 96.5 Å². The number of aromatic nitrogens is 1. The first-order valence-electron chi connectivity index (χ1n) is 28.6. The fourth-order valence-electron chi connectivity index (χ4n) is 8.98. The minimum atomic E-state index is -1.87. The Kier molecular flexibility index (Phi) is 29.3. The van der Waals surface area contributed by atoms with E-state index in [2.05, 4.69) is 52.8 Å². The van der Waals surface area contributed by atoms with Gasteiger partial charge in [-0.15, -0.1) is 0 Å². The van der Waals surface area contributed by atoms with Crippen LogP contribution in [0, 0.1) is 17.8 Å². The Morgan fingerprint density at radius 2 is 0.988 bits per heavy atom. The molecule has 0 spiro atoms. The molecule has 1 heterocycles.